The summed E-state index contributed by atoms with van der Waals surface area (Å²) in [6.07, 6.45) is 0. The maximum absolute atomic E-state index is 12.2. The summed E-state index contributed by atoms with van der Waals surface area (Å²) >= 11 is 1.31. The van der Waals surface area contributed by atoms with E-state index < -0.39 is 10.9 Å². The molecule has 2 heterocycles. The summed E-state index contributed by atoms with van der Waals surface area (Å²) in [5, 5.41) is 15.6. The summed E-state index contributed by atoms with van der Waals surface area (Å²) in [6.45, 7) is 1.59. The first kappa shape index (κ1) is 17.5. The summed E-state index contributed by atoms with van der Waals surface area (Å²) in [4.78, 5) is 39.5. The van der Waals surface area contributed by atoms with Crippen molar-refractivity contribution >= 4 is 33.6 Å². The highest BCUT2D eigenvalue weighted by molar-refractivity contribution is 7.15. The van der Waals surface area contributed by atoms with Gasteiger partial charge in [0, 0.05) is 30.3 Å². The number of aryl methyl sites for hydroxylation is 1. The zero-order valence-electron chi connectivity index (χ0n) is 13.9. The summed E-state index contributed by atoms with van der Waals surface area (Å²) in [7, 11) is 1.55. The van der Waals surface area contributed by atoms with Crippen LogP contribution >= 0.6 is 11.3 Å². The molecule has 1 N–H and O–H groups in total. The van der Waals surface area contributed by atoms with E-state index in [2.05, 4.69) is 10.3 Å². The number of aromatic nitrogens is 2. The molecule has 10 heteroatoms. The van der Waals surface area contributed by atoms with Crippen molar-refractivity contribution in [1.82, 2.24) is 9.38 Å². The third kappa shape index (κ3) is 3.26. The number of benzene rings is 1. The van der Waals surface area contributed by atoms with Gasteiger partial charge in [-0.15, -0.1) is 11.3 Å². The summed E-state index contributed by atoms with van der Waals surface area (Å²) in [5.41, 5.74) is 0.942. The number of thiazole rings is 1. The van der Waals surface area contributed by atoms with E-state index in [4.69, 9.17) is 4.74 Å². The smallest absolute Gasteiger partial charge is 0.338 e. The molecule has 0 aliphatic rings. The van der Waals surface area contributed by atoms with Crippen molar-refractivity contribution in [2.75, 3.05) is 12.4 Å². The Balaban J connectivity index is 1.80. The zero-order valence-corrected chi connectivity index (χ0v) is 14.7. The van der Waals surface area contributed by atoms with Crippen LogP contribution in [0.4, 0.5) is 11.4 Å². The standard InChI is InChI=1S/C16H14N4O5S/c1-9-8-26-16-18-11(6-14(21)19(9)16)7-25-15(22)10-3-4-12(17-2)13(5-10)20(23)24/h3-6,8,17H,7H2,1-2H3. The molecule has 0 atom stereocenters. The fourth-order valence-electron chi connectivity index (χ4n) is 2.42. The second-order valence-corrected chi connectivity index (χ2v) is 6.23. The van der Waals surface area contributed by atoms with Crippen LogP contribution in [0, 0.1) is 17.0 Å². The Kier molecular flexibility index (Phi) is 4.67. The van der Waals surface area contributed by atoms with Crippen molar-refractivity contribution in [1.29, 1.82) is 0 Å². The number of esters is 1. The van der Waals surface area contributed by atoms with Crippen LogP contribution in [0.15, 0.2) is 34.4 Å². The Bertz CT molecular complexity index is 1070. The highest BCUT2D eigenvalue weighted by Crippen LogP contribution is 2.25. The van der Waals surface area contributed by atoms with Crippen LogP contribution in [0.5, 0.6) is 0 Å². The highest BCUT2D eigenvalue weighted by Gasteiger charge is 2.18. The van der Waals surface area contributed by atoms with Gasteiger partial charge in [0.1, 0.15) is 12.3 Å². The molecule has 0 spiro atoms. The normalized spacial score (nSPS) is 10.7. The maximum Gasteiger partial charge on any atom is 0.338 e. The van der Waals surface area contributed by atoms with Gasteiger partial charge in [-0.3, -0.25) is 19.3 Å². The van der Waals surface area contributed by atoms with Gasteiger partial charge in [0.05, 0.1) is 16.2 Å². The number of hydrogen-bond donors (Lipinski definition) is 1. The van der Waals surface area contributed by atoms with Crippen molar-refractivity contribution in [3.8, 4) is 0 Å². The minimum atomic E-state index is -0.736. The summed E-state index contributed by atoms with van der Waals surface area (Å²) in [6, 6.07) is 5.30. The van der Waals surface area contributed by atoms with Crippen LogP contribution in [0.25, 0.3) is 4.96 Å². The van der Waals surface area contributed by atoms with Crippen molar-refractivity contribution in [3.63, 3.8) is 0 Å². The maximum atomic E-state index is 12.2. The van der Waals surface area contributed by atoms with E-state index in [1.807, 2.05) is 5.38 Å². The fourth-order valence-corrected chi connectivity index (χ4v) is 3.31. The van der Waals surface area contributed by atoms with Crippen LogP contribution in [0.2, 0.25) is 0 Å². The number of rotatable bonds is 5. The topological polar surface area (TPSA) is 116 Å². The second kappa shape index (κ2) is 6.92. The average Bonchev–Trinajstić information content (AvgIpc) is 3.00. The Morgan fingerprint density at radius 3 is 2.88 bits per heavy atom. The average molecular weight is 374 g/mol. The molecule has 9 nitrogen and oxygen atoms in total. The van der Waals surface area contributed by atoms with Crippen LogP contribution < -0.4 is 10.9 Å². The number of nitrogens with one attached hydrogen (secondary N) is 1. The first-order valence-corrected chi connectivity index (χ1v) is 8.38. The van der Waals surface area contributed by atoms with Gasteiger partial charge in [0.15, 0.2) is 4.96 Å². The third-order valence-corrected chi connectivity index (χ3v) is 4.62. The van der Waals surface area contributed by atoms with Crippen LogP contribution in [0.3, 0.4) is 0 Å². The molecule has 1 aromatic carbocycles. The molecule has 0 saturated heterocycles. The third-order valence-electron chi connectivity index (χ3n) is 3.68. The van der Waals surface area contributed by atoms with Crippen LogP contribution in [0.1, 0.15) is 21.7 Å². The Morgan fingerprint density at radius 1 is 1.42 bits per heavy atom. The van der Waals surface area contributed by atoms with E-state index in [9.17, 15) is 19.7 Å². The molecule has 3 rings (SSSR count). The van der Waals surface area contributed by atoms with E-state index in [1.165, 1.54) is 33.9 Å². The van der Waals surface area contributed by atoms with Gasteiger partial charge in [-0.2, -0.15) is 0 Å². The quantitative estimate of drug-likeness (QED) is 0.414. The van der Waals surface area contributed by atoms with Gasteiger partial charge in [-0.05, 0) is 19.1 Å². The minimum Gasteiger partial charge on any atom is -0.456 e. The Hall–Kier alpha value is -3.27. The van der Waals surface area contributed by atoms with E-state index in [0.717, 1.165) is 11.8 Å². The molecule has 26 heavy (non-hydrogen) atoms. The number of carbonyl (C=O) groups excluding carboxylic acids is 1. The molecular weight excluding hydrogens is 360 g/mol. The molecule has 0 aliphatic heterocycles. The number of carbonyl (C=O) groups is 1. The molecule has 0 fully saturated rings. The molecule has 0 bridgehead atoms. The molecule has 0 amide bonds. The summed E-state index contributed by atoms with van der Waals surface area (Å²) in [5.74, 6) is -0.736. The second-order valence-electron chi connectivity index (χ2n) is 5.40. The number of hydrogen-bond acceptors (Lipinski definition) is 8. The van der Waals surface area contributed by atoms with E-state index in [1.54, 1.807) is 14.0 Å². The van der Waals surface area contributed by atoms with Crippen molar-refractivity contribution in [2.45, 2.75) is 13.5 Å². The number of ether oxygens (including phenoxy) is 1. The molecular formula is C16H14N4O5S. The molecule has 0 aliphatic carbocycles. The first-order valence-electron chi connectivity index (χ1n) is 7.51. The number of anilines is 1. The van der Waals surface area contributed by atoms with Gasteiger partial charge >= 0.3 is 5.97 Å². The minimum absolute atomic E-state index is 0.0421. The number of nitro groups is 1. The SMILES string of the molecule is CNc1ccc(C(=O)OCc2cc(=O)n3c(C)csc3n2)cc1[N+](=O)[O-]. The summed E-state index contributed by atoms with van der Waals surface area (Å²) < 4.78 is 6.61. The number of nitrogens with zero attached hydrogens (tertiary/aromatic N) is 3. The Morgan fingerprint density at radius 2 is 2.19 bits per heavy atom. The molecule has 0 unspecified atom stereocenters. The Labute approximate surface area is 151 Å². The molecule has 2 aromatic heterocycles. The highest BCUT2D eigenvalue weighted by atomic mass is 32.1. The molecule has 0 saturated carbocycles. The van der Waals surface area contributed by atoms with Crippen LogP contribution in [-0.2, 0) is 11.3 Å². The zero-order chi connectivity index (χ0) is 18.8. The molecule has 134 valence electrons. The van der Waals surface area contributed by atoms with Gasteiger partial charge in [-0.1, -0.05) is 0 Å². The van der Waals surface area contributed by atoms with Gasteiger partial charge in [-0.25, -0.2) is 9.78 Å². The van der Waals surface area contributed by atoms with Crippen molar-refractivity contribution in [2.24, 2.45) is 0 Å². The number of fused-ring (bicyclic) bond motifs is 1. The lowest BCUT2D eigenvalue weighted by atomic mass is 10.1. The first-order chi connectivity index (χ1) is 12.4. The monoisotopic (exact) mass is 374 g/mol. The number of nitro benzene ring substituents is 1. The largest absolute Gasteiger partial charge is 0.456 e. The van der Waals surface area contributed by atoms with E-state index in [-0.39, 0.29) is 23.4 Å². The predicted octanol–water partition coefficient (Wildman–Crippen LogP) is 2.37. The van der Waals surface area contributed by atoms with Gasteiger partial charge in [0.25, 0.3) is 11.2 Å². The fraction of sp³-hybridized carbons (Fsp3) is 0.188. The van der Waals surface area contributed by atoms with E-state index >= 15 is 0 Å². The van der Waals surface area contributed by atoms with Gasteiger partial charge < -0.3 is 10.1 Å². The van der Waals surface area contributed by atoms with Crippen molar-refractivity contribution < 1.29 is 14.5 Å². The lowest BCUT2D eigenvalue weighted by Crippen LogP contribution is -2.16. The lowest BCUT2D eigenvalue weighted by molar-refractivity contribution is -0.384. The predicted molar refractivity (Wildman–Crippen MR) is 95.8 cm³/mol. The van der Waals surface area contributed by atoms with E-state index in [0.29, 0.717) is 16.3 Å². The van der Waals surface area contributed by atoms with Crippen LogP contribution in [-0.4, -0.2) is 27.3 Å². The lowest BCUT2D eigenvalue weighted by Gasteiger charge is -2.07. The molecule has 3 aromatic rings. The molecule has 0 radical (unpaired) electrons. The van der Waals surface area contributed by atoms with Gasteiger partial charge in [0.2, 0.25) is 0 Å². The van der Waals surface area contributed by atoms with Crippen molar-refractivity contribution in [3.05, 3.63) is 67.1 Å².